The number of nitrogens with zero attached hydrogens (tertiary/aromatic N) is 2. The third-order valence-electron chi connectivity index (χ3n) is 6.57. The Hall–Kier alpha value is -2.62. The lowest BCUT2D eigenvalue weighted by Gasteiger charge is -2.38. The molecule has 0 N–H and O–H groups in total. The molecule has 2 aliphatic heterocycles. The van der Waals surface area contributed by atoms with Crippen LogP contribution in [0.3, 0.4) is 0 Å². The monoisotopic (exact) mass is 430 g/mol. The Bertz CT molecular complexity index is 1080. The van der Waals surface area contributed by atoms with Crippen molar-refractivity contribution in [2.45, 2.75) is 31.8 Å². The van der Waals surface area contributed by atoms with Crippen molar-refractivity contribution in [3.05, 3.63) is 106 Å². The molecule has 1 amide bonds. The Morgan fingerprint density at radius 1 is 0.871 bits per heavy atom. The quantitative estimate of drug-likeness (QED) is 0.551. The van der Waals surface area contributed by atoms with E-state index in [1.165, 1.54) is 11.1 Å². The Morgan fingerprint density at radius 3 is 2.48 bits per heavy atom. The van der Waals surface area contributed by atoms with Gasteiger partial charge < -0.3 is 4.90 Å². The van der Waals surface area contributed by atoms with Gasteiger partial charge in [0, 0.05) is 31.2 Å². The van der Waals surface area contributed by atoms with Crippen LogP contribution in [0.15, 0.2) is 72.8 Å². The molecular weight excluding hydrogens is 404 g/mol. The van der Waals surface area contributed by atoms with Crippen molar-refractivity contribution in [3.63, 3.8) is 0 Å². The maximum atomic E-state index is 13.2. The molecule has 1 atom stereocenters. The zero-order chi connectivity index (χ0) is 21.2. The van der Waals surface area contributed by atoms with Gasteiger partial charge in [-0.3, -0.25) is 9.69 Å². The predicted octanol–water partition coefficient (Wildman–Crippen LogP) is 5.26. The maximum absolute atomic E-state index is 13.2. The second-order valence-electron chi connectivity index (χ2n) is 8.57. The van der Waals surface area contributed by atoms with Gasteiger partial charge in [-0.1, -0.05) is 72.3 Å². The summed E-state index contributed by atoms with van der Waals surface area (Å²) < 4.78 is 0. The minimum absolute atomic E-state index is 0.0711. The fraction of sp³-hybridized carbons (Fsp3) is 0.296. The number of fused-ring (bicyclic) bond motifs is 2. The summed E-state index contributed by atoms with van der Waals surface area (Å²) in [5.41, 5.74) is 6.31. The van der Waals surface area contributed by atoms with Crippen LogP contribution in [0.2, 0.25) is 5.02 Å². The second-order valence-corrected chi connectivity index (χ2v) is 9.01. The van der Waals surface area contributed by atoms with E-state index >= 15 is 0 Å². The predicted molar refractivity (Wildman–Crippen MR) is 125 cm³/mol. The van der Waals surface area contributed by atoms with Crippen LogP contribution in [0.1, 0.15) is 40.3 Å². The molecular formula is C27H27ClN2O. The largest absolute Gasteiger partial charge is 0.331 e. The van der Waals surface area contributed by atoms with Crippen molar-refractivity contribution >= 4 is 17.5 Å². The number of carbonyl (C=O) groups excluding carboxylic acids is 1. The molecule has 0 spiro atoms. The average Bonchev–Trinajstić information content (AvgIpc) is 2.80. The van der Waals surface area contributed by atoms with E-state index in [2.05, 4.69) is 46.2 Å². The summed E-state index contributed by atoms with van der Waals surface area (Å²) in [4.78, 5) is 17.7. The summed E-state index contributed by atoms with van der Waals surface area (Å²) >= 11 is 6.35. The molecule has 3 aromatic carbocycles. The van der Waals surface area contributed by atoms with Crippen LogP contribution in [0.25, 0.3) is 0 Å². The summed E-state index contributed by atoms with van der Waals surface area (Å²) in [5.74, 6) is 0.202. The first-order chi connectivity index (χ1) is 15.2. The summed E-state index contributed by atoms with van der Waals surface area (Å²) in [6.07, 6.45) is 2.53. The molecule has 0 radical (unpaired) electrons. The average molecular weight is 431 g/mol. The van der Waals surface area contributed by atoms with Crippen LogP contribution in [-0.2, 0) is 24.2 Å². The lowest BCUT2D eigenvalue weighted by atomic mass is 9.87. The fourth-order valence-corrected chi connectivity index (χ4v) is 5.20. The maximum Gasteiger partial charge on any atom is 0.227 e. The van der Waals surface area contributed by atoms with Gasteiger partial charge in [0.1, 0.15) is 0 Å². The van der Waals surface area contributed by atoms with Gasteiger partial charge in [0.25, 0.3) is 0 Å². The van der Waals surface area contributed by atoms with E-state index in [1.807, 2.05) is 36.4 Å². The van der Waals surface area contributed by atoms with Crippen molar-refractivity contribution in [2.75, 3.05) is 19.6 Å². The zero-order valence-electron chi connectivity index (χ0n) is 17.6. The Labute approximate surface area is 189 Å². The normalized spacial score (nSPS) is 18.5. The molecule has 0 bridgehead atoms. The minimum Gasteiger partial charge on any atom is -0.331 e. The van der Waals surface area contributed by atoms with Crippen LogP contribution < -0.4 is 0 Å². The topological polar surface area (TPSA) is 23.6 Å². The molecule has 0 saturated heterocycles. The van der Waals surface area contributed by atoms with E-state index < -0.39 is 0 Å². The van der Waals surface area contributed by atoms with E-state index in [-0.39, 0.29) is 11.9 Å². The highest BCUT2D eigenvalue weighted by Gasteiger charge is 2.33. The molecule has 3 nitrogen and oxygen atoms in total. The number of rotatable bonds is 5. The van der Waals surface area contributed by atoms with Crippen molar-refractivity contribution in [1.29, 1.82) is 0 Å². The molecule has 4 heteroatoms. The second kappa shape index (κ2) is 8.86. The molecule has 1 unspecified atom stereocenters. The van der Waals surface area contributed by atoms with Gasteiger partial charge in [-0.2, -0.15) is 0 Å². The molecule has 31 heavy (non-hydrogen) atoms. The number of benzene rings is 3. The number of halogens is 1. The molecule has 2 aliphatic rings. The third kappa shape index (κ3) is 4.26. The summed E-state index contributed by atoms with van der Waals surface area (Å²) in [7, 11) is 0. The standard InChI is InChI=1S/C27H27ClN2O/c28-24-12-11-22-17-26(31)30(27(25(22)18-24)21-8-2-1-3-9-21)15-6-14-29-16-13-20-7-4-5-10-23(20)19-29/h1-5,7-12,18,27H,6,13-17,19H2. The number of hydrogen-bond donors (Lipinski definition) is 0. The minimum atomic E-state index is -0.0711. The molecule has 0 fully saturated rings. The van der Waals surface area contributed by atoms with E-state index in [0.717, 1.165) is 60.7 Å². The first-order valence-electron chi connectivity index (χ1n) is 11.1. The first kappa shape index (κ1) is 20.3. The van der Waals surface area contributed by atoms with E-state index in [0.29, 0.717) is 6.42 Å². The van der Waals surface area contributed by atoms with Gasteiger partial charge in [-0.25, -0.2) is 0 Å². The molecule has 0 aromatic heterocycles. The van der Waals surface area contributed by atoms with Crippen LogP contribution in [0, 0.1) is 0 Å². The lowest BCUT2D eigenvalue weighted by molar-refractivity contribution is -0.133. The highest BCUT2D eigenvalue weighted by Crippen LogP contribution is 2.37. The molecule has 3 aromatic rings. The zero-order valence-corrected chi connectivity index (χ0v) is 18.4. The van der Waals surface area contributed by atoms with Crippen LogP contribution in [0.5, 0.6) is 0 Å². The highest BCUT2D eigenvalue weighted by atomic mass is 35.5. The van der Waals surface area contributed by atoms with Gasteiger partial charge in [-0.05, 0) is 52.8 Å². The Balaban J connectivity index is 1.33. The smallest absolute Gasteiger partial charge is 0.227 e. The number of amides is 1. The molecule has 0 aliphatic carbocycles. The van der Waals surface area contributed by atoms with Crippen LogP contribution in [0.4, 0.5) is 0 Å². The van der Waals surface area contributed by atoms with Gasteiger partial charge in [-0.15, -0.1) is 0 Å². The van der Waals surface area contributed by atoms with E-state index in [4.69, 9.17) is 11.6 Å². The number of hydrogen-bond acceptors (Lipinski definition) is 2. The molecule has 2 heterocycles. The Morgan fingerprint density at radius 2 is 1.65 bits per heavy atom. The van der Waals surface area contributed by atoms with Crippen LogP contribution >= 0.6 is 11.6 Å². The summed E-state index contributed by atoms with van der Waals surface area (Å²) in [6.45, 7) is 3.85. The summed E-state index contributed by atoms with van der Waals surface area (Å²) in [6, 6.07) is 24.9. The van der Waals surface area contributed by atoms with E-state index in [1.54, 1.807) is 0 Å². The van der Waals surface area contributed by atoms with Crippen molar-refractivity contribution < 1.29 is 4.79 Å². The third-order valence-corrected chi connectivity index (χ3v) is 6.81. The molecule has 0 saturated carbocycles. The van der Waals surface area contributed by atoms with Crippen molar-refractivity contribution in [2.24, 2.45) is 0 Å². The molecule has 5 rings (SSSR count). The summed E-state index contributed by atoms with van der Waals surface area (Å²) in [5, 5.41) is 0.723. The van der Waals surface area contributed by atoms with Crippen LogP contribution in [-0.4, -0.2) is 35.3 Å². The van der Waals surface area contributed by atoms with Gasteiger partial charge in [0.05, 0.1) is 12.5 Å². The van der Waals surface area contributed by atoms with Gasteiger partial charge in [0.15, 0.2) is 0 Å². The fourth-order valence-electron chi connectivity index (χ4n) is 5.02. The van der Waals surface area contributed by atoms with E-state index in [9.17, 15) is 4.79 Å². The highest BCUT2D eigenvalue weighted by molar-refractivity contribution is 6.30. The first-order valence-corrected chi connectivity index (χ1v) is 11.5. The van der Waals surface area contributed by atoms with Crippen molar-refractivity contribution in [3.8, 4) is 0 Å². The number of carbonyl (C=O) groups is 1. The van der Waals surface area contributed by atoms with Gasteiger partial charge in [0.2, 0.25) is 5.91 Å². The Kier molecular flexibility index (Phi) is 5.80. The van der Waals surface area contributed by atoms with Gasteiger partial charge >= 0.3 is 0 Å². The molecule has 158 valence electrons. The lowest BCUT2D eigenvalue weighted by Crippen LogP contribution is -2.42. The SMILES string of the molecule is O=C1Cc2ccc(Cl)cc2C(c2ccccc2)N1CCCN1CCc2ccccc2C1. The van der Waals surface area contributed by atoms with Crippen molar-refractivity contribution in [1.82, 2.24) is 9.80 Å².